The lowest BCUT2D eigenvalue weighted by molar-refractivity contribution is -0.137. The molecular weight excluding hydrogens is 365 g/mol. The number of piperazine rings is 1. The Bertz CT molecular complexity index is 812. The number of hydrogen-bond donors (Lipinski definition) is 0. The van der Waals surface area contributed by atoms with E-state index in [9.17, 15) is 9.18 Å². The Morgan fingerprint density at radius 3 is 2.44 bits per heavy atom. The maximum Gasteiger partial charge on any atom is 0.233 e. The number of rotatable bonds is 3. The van der Waals surface area contributed by atoms with Gasteiger partial charge in [-0.05, 0) is 42.7 Å². The van der Waals surface area contributed by atoms with Crippen LogP contribution >= 0.6 is 11.6 Å². The Morgan fingerprint density at radius 1 is 1.07 bits per heavy atom. The van der Waals surface area contributed by atoms with E-state index in [4.69, 9.17) is 11.6 Å². The van der Waals surface area contributed by atoms with Crippen molar-refractivity contribution in [2.75, 3.05) is 31.1 Å². The minimum atomic E-state index is -0.567. The monoisotopic (exact) mass is 387 g/mol. The van der Waals surface area contributed by atoms with Crippen LogP contribution in [0.5, 0.6) is 0 Å². The molecule has 6 heteroatoms. The van der Waals surface area contributed by atoms with Gasteiger partial charge in [-0.3, -0.25) is 4.79 Å². The van der Waals surface area contributed by atoms with Crippen LogP contribution < -0.4 is 4.90 Å². The third kappa shape index (κ3) is 3.53. The van der Waals surface area contributed by atoms with Gasteiger partial charge >= 0.3 is 0 Å². The molecule has 0 bridgehead atoms. The maximum absolute atomic E-state index is 13.8. The maximum atomic E-state index is 13.8. The molecule has 4 nitrogen and oxygen atoms in total. The van der Waals surface area contributed by atoms with E-state index in [1.54, 1.807) is 12.3 Å². The molecule has 2 heterocycles. The van der Waals surface area contributed by atoms with Crippen LogP contribution in [-0.4, -0.2) is 42.0 Å². The van der Waals surface area contributed by atoms with Crippen LogP contribution in [0, 0.1) is 5.82 Å². The number of anilines is 1. The quantitative estimate of drug-likeness (QED) is 0.797. The van der Waals surface area contributed by atoms with Gasteiger partial charge in [-0.15, -0.1) is 0 Å². The van der Waals surface area contributed by atoms with Crippen LogP contribution in [0.2, 0.25) is 5.02 Å². The second-order valence-corrected chi connectivity index (χ2v) is 7.85. The van der Waals surface area contributed by atoms with Gasteiger partial charge in [0.2, 0.25) is 5.91 Å². The number of amides is 1. The molecule has 2 aliphatic rings. The smallest absolute Gasteiger partial charge is 0.233 e. The third-order valence-corrected chi connectivity index (χ3v) is 6.07. The van der Waals surface area contributed by atoms with Crippen molar-refractivity contribution in [1.82, 2.24) is 9.88 Å². The van der Waals surface area contributed by atoms with E-state index in [1.807, 2.05) is 23.1 Å². The first-order valence-corrected chi connectivity index (χ1v) is 9.88. The minimum absolute atomic E-state index is 0.148. The van der Waals surface area contributed by atoms with Gasteiger partial charge in [0.05, 0.1) is 10.4 Å². The Kier molecular flexibility index (Phi) is 5.04. The molecule has 27 heavy (non-hydrogen) atoms. The lowest BCUT2D eigenvalue weighted by atomic mass is 9.77. The number of aromatic nitrogens is 1. The van der Waals surface area contributed by atoms with E-state index in [2.05, 4.69) is 9.88 Å². The lowest BCUT2D eigenvalue weighted by Crippen LogP contribution is -2.54. The molecule has 2 fully saturated rings. The molecule has 2 aromatic rings. The fraction of sp³-hybridized carbons (Fsp3) is 0.429. The highest BCUT2D eigenvalue weighted by Crippen LogP contribution is 2.43. The first kappa shape index (κ1) is 18.2. The molecule has 0 N–H and O–H groups in total. The van der Waals surface area contributed by atoms with Crippen molar-refractivity contribution in [3.63, 3.8) is 0 Å². The van der Waals surface area contributed by atoms with E-state index < -0.39 is 5.41 Å². The van der Waals surface area contributed by atoms with Crippen LogP contribution in [0.4, 0.5) is 10.2 Å². The Hall–Kier alpha value is -2.14. The van der Waals surface area contributed by atoms with E-state index >= 15 is 0 Å². The zero-order valence-electron chi connectivity index (χ0n) is 15.2. The number of pyridine rings is 1. The second kappa shape index (κ2) is 7.47. The second-order valence-electron chi connectivity index (χ2n) is 7.41. The SMILES string of the molecule is O=C(N1CCN(c2ccc(Cl)cn2)CC1)C1(c2cccc(F)c2)CCCC1. The minimum Gasteiger partial charge on any atom is -0.353 e. The van der Waals surface area contributed by atoms with Gasteiger partial charge in [0.25, 0.3) is 0 Å². The van der Waals surface area contributed by atoms with Gasteiger partial charge < -0.3 is 9.80 Å². The standard InChI is InChI=1S/C21H23ClFN3O/c22-17-6-7-19(24-15-17)25-10-12-26(13-11-25)20(27)21(8-1-2-9-21)16-4-3-5-18(23)14-16/h3-7,14-15H,1-2,8-13H2. The molecule has 142 valence electrons. The Morgan fingerprint density at radius 2 is 1.81 bits per heavy atom. The zero-order chi connectivity index (χ0) is 18.9. The molecule has 1 saturated carbocycles. The highest BCUT2D eigenvalue weighted by Gasteiger charge is 2.45. The molecular formula is C21H23ClFN3O. The highest BCUT2D eigenvalue weighted by molar-refractivity contribution is 6.30. The van der Waals surface area contributed by atoms with Crippen molar-refractivity contribution in [3.8, 4) is 0 Å². The summed E-state index contributed by atoms with van der Waals surface area (Å²) in [6.45, 7) is 2.78. The molecule has 1 saturated heterocycles. The first-order chi connectivity index (χ1) is 13.1. The van der Waals surface area contributed by atoms with E-state index in [1.165, 1.54) is 12.1 Å². The molecule has 1 aromatic carbocycles. The molecule has 0 radical (unpaired) electrons. The average Bonchev–Trinajstić information content (AvgIpc) is 3.19. The number of halogens is 2. The van der Waals surface area contributed by atoms with Crippen LogP contribution in [0.1, 0.15) is 31.2 Å². The lowest BCUT2D eigenvalue weighted by Gasteiger charge is -2.40. The predicted octanol–water partition coefficient (Wildman–Crippen LogP) is 4.03. The van der Waals surface area contributed by atoms with E-state index in [0.717, 1.165) is 50.2 Å². The molecule has 1 amide bonds. The van der Waals surface area contributed by atoms with Crippen LogP contribution in [0.3, 0.4) is 0 Å². The summed E-state index contributed by atoms with van der Waals surface area (Å²) in [6.07, 6.45) is 5.27. The predicted molar refractivity (Wildman–Crippen MR) is 105 cm³/mol. The van der Waals surface area contributed by atoms with Gasteiger partial charge in [-0.1, -0.05) is 36.6 Å². The fourth-order valence-corrected chi connectivity index (χ4v) is 4.50. The summed E-state index contributed by atoms with van der Waals surface area (Å²) >= 11 is 5.91. The highest BCUT2D eigenvalue weighted by atomic mass is 35.5. The van der Waals surface area contributed by atoms with Crippen LogP contribution in [0.25, 0.3) is 0 Å². The number of carbonyl (C=O) groups excluding carboxylic acids is 1. The van der Waals surface area contributed by atoms with Gasteiger partial charge in [-0.2, -0.15) is 0 Å². The van der Waals surface area contributed by atoms with Crippen molar-refractivity contribution in [1.29, 1.82) is 0 Å². The van der Waals surface area contributed by atoms with Crippen LogP contribution in [-0.2, 0) is 10.2 Å². The summed E-state index contributed by atoms with van der Waals surface area (Å²) < 4.78 is 13.8. The van der Waals surface area contributed by atoms with E-state index in [-0.39, 0.29) is 11.7 Å². The number of carbonyl (C=O) groups is 1. The molecule has 1 aliphatic heterocycles. The first-order valence-electron chi connectivity index (χ1n) is 9.50. The molecule has 0 spiro atoms. The van der Waals surface area contributed by atoms with Gasteiger partial charge in [0.1, 0.15) is 11.6 Å². The third-order valence-electron chi connectivity index (χ3n) is 5.85. The molecule has 4 rings (SSSR count). The summed E-state index contributed by atoms with van der Waals surface area (Å²) in [7, 11) is 0. The Labute approximate surface area is 163 Å². The summed E-state index contributed by atoms with van der Waals surface area (Å²) in [5.41, 5.74) is 0.259. The topological polar surface area (TPSA) is 36.4 Å². The summed E-state index contributed by atoms with van der Waals surface area (Å²) in [5.74, 6) is 0.756. The number of benzene rings is 1. The van der Waals surface area contributed by atoms with Crippen LogP contribution in [0.15, 0.2) is 42.6 Å². The summed E-state index contributed by atoms with van der Waals surface area (Å²) in [4.78, 5) is 22.0. The van der Waals surface area contributed by atoms with Crippen molar-refractivity contribution in [3.05, 3.63) is 59.0 Å². The molecule has 0 unspecified atom stereocenters. The van der Waals surface area contributed by atoms with Gasteiger partial charge in [0, 0.05) is 32.4 Å². The number of nitrogens with zero attached hydrogens (tertiary/aromatic N) is 3. The van der Waals surface area contributed by atoms with Gasteiger partial charge in [0.15, 0.2) is 0 Å². The van der Waals surface area contributed by atoms with Gasteiger partial charge in [-0.25, -0.2) is 9.37 Å². The molecule has 0 atom stereocenters. The normalized spacial score (nSPS) is 19.3. The van der Waals surface area contributed by atoms with Crippen molar-refractivity contribution in [2.45, 2.75) is 31.1 Å². The largest absolute Gasteiger partial charge is 0.353 e. The zero-order valence-corrected chi connectivity index (χ0v) is 16.0. The molecule has 1 aliphatic carbocycles. The molecule has 1 aromatic heterocycles. The Balaban J connectivity index is 1.50. The van der Waals surface area contributed by atoms with E-state index in [0.29, 0.717) is 18.1 Å². The van der Waals surface area contributed by atoms with Crippen molar-refractivity contribution >= 4 is 23.3 Å². The van der Waals surface area contributed by atoms with Crippen molar-refractivity contribution in [2.24, 2.45) is 0 Å². The number of hydrogen-bond acceptors (Lipinski definition) is 3. The fourth-order valence-electron chi connectivity index (χ4n) is 4.39. The average molecular weight is 388 g/mol. The summed E-state index contributed by atoms with van der Waals surface area (Å²) in [6, 6.07) is 10.3. The van der Waals surface area contributed by atoms with Crippen molar-refractivity contribution < 1.29 is 9.18 Å². The summed E-state index contributed by atoms with van der Waals surface area (Å²) in [5, 5.41) is 0.617.